The van der Waals surface area contributed by atoms with Crippen LogP contribution in [0.15, 0.2) is 0 Å². The van der Waals surface area contributed by atoms with Crippen molar-refractivity contribution in [3.8, 4) is 0 Å². The van der Waals surface area contributed by atoms with Crippen LogP contribution in [0.3, 0.4) is 0 Å². The quantitative estimate of drug-likeness (QED) is 0.596. The molecule has 2 atom stereocenters. The fourth-order valence-electron chi connectivity index (χ4n) is 1.51. The second kappa shape index (κ2) is 7.22. The molecule has 16 heavy (non-hydrogen) atoms. The topological polar surface area (TPSA) is 92.4 Å². The summed E-state index contributed by atoms with van der Waals surface area (Å²) < 4.78 is 0. The van der Waals surface area contributed by atoms with Crippen LogP contribution in [0.2, 0.25) is 0 Å². The molecule has 0 heterocycles. The summed E-state index contributed by atoms with van der Waals surface area (Å²) >= 11 is 0. The molecule has 1 unspecified atom stereocenters. The molecule has 0 bridgehead atoms. The van der Waals surface area contributed by atoms with Gasteiger partial charge in [0.1, 0.15) is 6.04 Å². The van der Waals surface area contributed by atoms with E-state index in [9.17, 15) is 9.59 Å². The van der Waals surface area contributed by atoms with Crippen molar-refractivity contribution in [2.45, 2.75) is 39.7 Å². The van der Waals surface area contributed by atoms with Gasteiger partial charge in [-0.05, 0) is 12.3 Å². The van der Waals surface area contributed by atoms with Crippen LogP contribution in [-0.2, 0) is 9.59 Å². The zero-order chi connectivity index (χ0) is 12.7. The maximum Gasteiger partial charge on any atom is 0.326 e. The molecule has 0 aromatic heterocycles. The molecule has 0 aliphatic rings. The Morgan fingerprint density at radius 2 is 1.94 bits per heavy atom. The van der Waals surface area contributed by atoms with E-state index in [1.807, 2.05) is 20.8 Å². The van der Waals surface area contributed by atoms with Gasteiger partial charge in [-0.15, -0.1) is 0 Å². The fourth-order valence-corrected chi connectivity index (χ4v) is 1.51. The minimum Gasteiger partial charge on any atom is -0.480 e. The number of aliphatic carboxylic acids is 1. The second-order valence-corrected chi connectivity index (χ2v) is 4.27. The lowest BCUT2D eigenvalue weighted by Crippen LogP contribution is -2.46. The molecule has 94 valence electrons. The van der Waals surface area contributed by atoms with E-state index in [4.69, 9.17) is 10.8 Å². The monoisotopic (exact) mass is 230 g/mol. The van der Waals surface area contributed by atoms with Crippen molar-refractivity contribution in [2.24, 2.45) is 17.6 Å². The van der Waals surface area contributed by atoms with E-state index < -0.39 is 12.0 Å². The number of carboxylic acid groups (broad SMARTS) is 1. The highest BCUT2D eigenvalue weighted by Crippen LogP contribution is 2.10. The third kappa shape index (κ3) is 4.61. The molecule has 0 saturated carbocycles. The molecular weight excluding hydrogens is 208 g/mol. The number of nitrogens with two attached hydrogens (primary N) is 1. The summed E-state index contributed by atoms with van der Waals surface area (Å²) in [6, 6.07) is -0.801. The van der Waals surface area contributed by atoms with Crippen LogP contribution in [0.25, 0.3) is 0 Å². The average molecular weight is 230 g/mol. The molecule has 5 heteroatoms. The molecule has 0 fully saturated rings. The lowest BCUT2D eigenvalue weighted by molar-refractivity contribution is -0.142. The van der Waals surface area contributed by atoms with E-state index in [-0.39, 0.29) is 24.3 Å². The van der Waals surface area contributed by atoms with Crippen LogP contribution in [0.4, 0.5) is 0 Å². The van der Waals surface area contributed by atoms with Gasteiger partial charge >= 0.3 is 5.97 Å². The van der Waals surface area contributed by atoms with Gasteiger partial charge in [0.15, 0.2) is 0 Å². The SMILES string of the molecule is CCC[C@H](NC(=O)C(CN)C(C)C)C(=O)O. The Kier molecular flexibility index (Phi) is 6.72. The first-order valence-corrected chi connectivity index (χ1v) is 5.67. The van der Waals surface area contributed by atoms with Gasteiger partial charge in [-0.25, -0.2) is 4.79 Å². The van der Waals surface area contributed by atoms with Crippen molar-refractivity contribution < 1.29 is 14.7 Å². The van der Waals surface area contributed by atoms with Gasteiger partial charge in [0, 0.05) is 6.54 Å². The fraction of sp³-hybridized carbons (Fsp3) is 0.818. The number of nitrogens with one attached hydrogen (secondary N) is 1. The van der Waals surface area contributed by atoms with E-state index >= 15 is 0 Å². The summed E-state index contributed by atoms with van der Waals surface area (Å²) in [6.07, 6.45) is 1.16. The Hall–Kier alpha value is -1.10. The van der Waals surface area contributed by atoms with E-state index in [1.165, 1.54) is 0 Å². The van der Waals surface area contributed by atoms with Crippen LogP contribution in [0, 0.1) is 11.8 Å². The maximum atomic E-state index is 11.8. The average Bonchev–Trinajstić information content (AvgIpc) is 2.17. The lowest BCUT2D eigenvalue weighted by Gasteiger charge is -2.21. The van der Waals surface area contributed by atoms with Gasteiger partial charge in [0.05, 0.1) is 5.92 Å². The van der Waals surface area contributed by atoms with Crippen molar-refractivity contribution in [1.29, 1.82) is 0 Å². The summed E-state index contributed by atoms with van der Waals surface area (Å²) in [6.45, 7) is 5.91. The van der Waals surface area contributed by atoms with Crippen LogP contribution >= 0.6 is 0 Å². The molecule has 5 nitrogen and oxygen atoms in total. The van der Waals surface area contributed by atoms with Gasteiger partial charge in [-0.1, -0.05) is 27.2 Å². The molecule has 0 radical (unpaired) electrons. The van der Waals surface area contributed by atoms with Crippen molar-refractivity contribution in [2.75, 3.05) is 6.54 Å². The number of carbonyl (C=O) groups excluding carboxylic acids is 1. The molecule has 0 saturated heterocycles. The first kappa shape index (κ1) is 14.9. The molecule has 0 aliphatic heterocycles. The van der Waals surface area contributed by atoms with Crippen LogP contribution in [0.5, 0.6) is 0 Å². The van der Waals surface area contributed by atoms with E-state index in [0.717, 1.165) is 0 Å². The van der Waals surface area contributed by atoms with Crippen molar-refractivity contribution in [1.82, 2.24) is 5.32 Å². The van der Waals surface area contributed by atoms with Crippen molar-refractivity contribution >= 4 is 11.9 Å². The number of hydrogen-bond donors (Lipinski definition) is 3. The highest BCUT2D eigenvalue weighted by Gasteiger charge is 2.25. The Morgan fingerprint density at radius 3 is 2.25 bits per heavy atom. The van der Waals surface area contributed by atoms with Crippen LogP contribution < -0.4 is 11.1 Å². The molecule has 0 rings (SSSR count). The first-order chi connectivity index (χ1) is 7.43. The van der Waals surface area contributed by atoms with Gasteiger partial charge < -0.3 is 16.2 Å². The minimum absolute atomic E-state index is 0.112. The molecule has 0 aliphatic carbocycles. The normalized spacial score (nSPS) is 14.6. The van der Waals surface area contributed by atoms with Gasteiger partial charge in [0.2, 0.25) is 5.91 Å². The summed E-state index contributed by atoms with van der Waals surface area (Å²) in [5.74, 6) is -1.46. The lowest BCUT2D eigenvalue weighted by atomic mass is 9.94. The van der Waals surface area contributed by atoms with Gasteiger partial charge in [-0.3, -0.25) is 4.79 Å². The molecule has 4 N–H and O–H groups in total. The first-order valence-electron chi connectivity index (χ1n) is 5.67. The smallest absolute Gasteiger partial charge is 0.326 e. The Labute approximate surface area is 96.4 Å². The summed E-state index contributed by atoms with van der Waals surface area (Å²) in [7, 11) is 0. The van der Waals surface area contributed by atoms with Gasteiger partial charge in [-0.2, -0.15) is 0 Å². The highest BCUT2D eigenvalue weighted by molar-refractivity contribution is 5.85. The number of hydrogen-bond acceptors (Lipinski definition) is 3. The summed E-state index contributed by atoms with van der Waals surface area (Å²) in [5.41, 5.74) is 5.49. The van der Waals surface area contributed by atoms with Crippen LogP contribution in [-0.4, -0.2) is 29.6 Å². The second-order valence-electron chi connectivity index (χ2n) is 4.27. The van der Waals surface area contributed by atoms with E-state index in [0.29, 0.717) is 12.8 Å². The molecule has 0 spiro atoms. The van der Waals surface area contributed by atoms with Crippen molar-refractivity contribution in [3.05, 3.63) is 0 Å². The predicted molar refractivity (Wildman–Crippen MR) is 61.9 cm³/mol. The zero-order valence-corrected chi connectivity index (χ0v) is 10.2. The standard InChI is InChI=1S/C11H22N2O3/c1-4-5-9(11(15)16)13-10(14)8(6-12)7(2)3/h7-9H,4-6,12H2,1-3H3,(H,13,14)(H,15,16)/t8?,9-/m0/s1. The molecule has 0 aromatic carbocycles. The number of carbonyl (C=O) groups is 2. The molecule has 0 aromatic rings. The van der Waals surface area contributed by atoms with Crippen molar-refractivity contribution in [3.63, 3.8) is 0 Å². The summed E-state index contributed by atoms with van der Waals surface area (Å²) in [4.78, 5) is 22.6. The van der Waals surface area contributed by atoms with E-state index in [2.05, 4.69) is 5.32 Å². The Morgan fingerprint density at radius 1 is 1.38 bits per heavy atom. The molecular formula is C11H22N2O3. The molecule has 1 amide bonds. The zero-order valence-electron chi connectivity index (χ0n) is 10.2. The van der Waals surface area contributed by atoms with Gasteiger partial charge in [0.25, 0.3) is 0 Å². The number of carboxylic acids is 1. The number of amides is 1. The largest absolute Gasteiger partial charge is 0.480 e. The van der Waals surface area contributed by atoms with E-state index in [1.54, 1.807) is 0 Å². The minimum atomic E-state index is -0.991. The Balaban J connectivity index is 4.43. The predicted octanol–water partition coefficient (Wildman–Crippen LogP) is 0.587. The van der Waals surface area contributed by atoms with Crippen LogP contribution in [0.1, 0.15) is 33.6 Å². The third-order valence-corrected chi connectivity index (χ3v) is 2.59. The number of rotatable bonds is 7. The third-order valence-electron chi connectivity index (χ3n) is 2.59. The Bertz CT molecular complexity index is 241. The summed E-state index contributed by atoms with van der Waals surface area (Å²) in [5, 5.41) is 11.4. The maximum absolute atomic E-state index is 11.8. The highest BCUT2D eigenvalue weighted by atomic mass is 16.4.